The number of halogens is 1. The van der Waals surface area contributed by atoms with Gasteiger partial charge in [0.05, 0.1) is 5.69 Å². The van der Waals surface area contributed by atoms with Crippen LogP contribution in [-0.4, -0.2) is 16.0 Å². The van der Waals surface area contributed by atoms with Crippen LogP contribution in [-0.2, 0) is 0 Å². The molecule has 0 saturated heterocycles. The molecule has 1 aromatic heterocycles. The van der Waals surface area contributed by atoms with Gasteiger partial charge >= 0.3 is 0 Å². The van der Waals surface area contributed by atoms with Crippen molar-refractivity contribution in [2.75, 3.05) is 5.32 Å². The van der Waals surface area contributed by atoms with Gasteiger partial charge in [-0.1, -0.05) is 23.7 Å². The quantitative estimate of drug-likeness (QED) is 0.874. The van der Waals surface area contributed by atoms with Crippen molar-refractivity contribution in [3.8, 4) is 17.3 Å². The van der Waals surface area contributed by atoms with Crippen LogP contribution in [0.25, 0.3) is 11.3 Å². The molecule has 0 amide bonds. The van der Waals surface area contributed by atoms with Crippen LogP contribution < -0.4 is 5.32 Å². The minimum Gasteiger partial charge on any atom is -0.351 e. The lowest BCUT2D eigenvalue weighted by Crippen LogP contribution is -2.07. The van der Waals surface area contributed by atoms with Gasteiger partial charge in [-0.3, -0.25) is 0 Å². The van der Waals surface area contributed by atoms with Crippen LogP contribution in [0.3, 0.4) is 0 Å². The molecule has 1 fully saturated rings. The second-order valence-corrected chi connectivity index (χ2v) is 5.75. The Kier molecular flexibility index (Phi) is 3.52. The van der Waals surface area contributed by atoms with E-state index in [1.165, 1.54) is 5.56 Å². The number of hydrogen-bond donors (Lipinski definition) is 1. The normalized spacial score (nSPS) is 13.8. The van der Waals surface area contributed by atoms with Gasteiger partial charge in [-0.2, -0.15) is 10.2 Å². The molecule has 5 heteroatoms. The van der Waals surface area contributed by atoms with Crippen molar-refractivity contribution in [2.24, 2.45) is 0 Å². The van der Waals surface area contributed by atoms with Gasteiger partial charge in [-0.25, -0.2) is 4.98 Å². The fourth-order valence-corrected chi connectivity index (χ4v) is 2.32. The van der Waals surface area contributed by atoms with Crippen LogP contribution in [0.15, 0.2) is 18.2 Å². The number of benzene rings is 1. The number of nitriles is 1. The molecule has 1 N–H and O–H groups in total. The molecule has 1 heterocycles. The van der Waals surface area contributed by atoms with Crippen molar-refractivity contribution >= 4 is 17.5 Å². The summed E-state index contributed by atoms with van der Waals surface area (Å²) in [5.74, 6) is 0.495. The Balaban J connectivity index is 2.11. The summed E-state index contributed by atoms with van der Waals surface area (Å²) in [6.07, 6.45) is 2.25. The van der Waals surface area contributed by atoms with Crippen molar-refractivity contribution in [1.82, 2.24) is 9.97 Å². The largest absolute Gasteiger partial charge is 0.351 e. The van der Waals surface area contributed by atoms with Gasteiger partial charge in [0.15, 0.2) is 5.15 Å². The third-order valence-corrected chi connectivity index (χ3v) is 3.94. The van der Waals surface area contributed by atoms with E-state index in [4.69, 9.17) is 11.6 Å². The third kappa shape index (κ3) is 2.84. The highest BCUT2D eigenvalue weighted by Gasteiger charge is 2.23. The van der Waals surface area contributed by atoms with Crippen LogP contribution >= 0.6 is 11.6 Å². The first-order valence-corrected chi connectivity index (χ1v) is 7.28. The number of aryl methyl sites for hydroxylation is 2. The average Bonchev–Trinajstić information content (AvgIpc) is 3.25. The first kappa shape index (κ1) is 13.8. The number of nitrogens with one attached hydrogen (secondary N) is 1. The Morgan fingerprint density at radius 3 is 2.62 bits per heavy atom. The van der Waals surface area contributed by atoms with Crippen molar-refractivity contribution in [3.63, 3.8) is 0 Å². The molecular weight excluding hydrogens is 284 g/mol. The lowest BCUT2D eigenvalue weighted by molar-refractivity contribution is 1.05. The highest BCUT2D eigenvalue weighted by molar-refractivity contribution is 6.31. The van der Waals surface area contributed by atoms with Crippen molar-refractivity contribution in [1.29, 1.82) is 5.26 Å². The fraction of sp³-hybridized carbons (Fsp3) is 0.312. The van der Waals surface area contributed by atoms with Gasteiger partial charge < -0.3 is 5.32 Å². The van der Waals surface area contributed by atoms with E-state index in [1.54, 1.807) is 0 Å². The number of hydrogen-bond acceptors (Lipinski definition) is 4. The Hall–Kier alpha value is -2.12. The lowest BCUT2D eigenvalue weighted by atomic mass is 10.0. The summed E-state index contributed by atoms with van der Waals surface area (Å²) in [7, 11) is 0. The van der Waals surface area contributed by atoms with E-state index in [9.17, 15) is 5.26 Å². The van der Waals surface area contributed by atoms with Crippen LogP contribution in [0.4, 0.5) is 5.95 Å². The summed E-state index contributed by atoms with van der Waals surface area (Å²) >= 11 is 6.15. The van der Waals surface area contributed by atoms with Gasteiger partial charge in [0.2, 0.25) is 5.95 Å². The van der Waals surface area contributed by atoms with E-state index in [0.717, 1.165) is 24.0 Å². The van der Waals surface area contributed by atoms with Gasteiger partial charge in [0.25, 0.3) is 0 Å². The number of aromatic nitrogens is 2. The first-order chi connectivity index (χ1) is 10.1. The minimum absolute atomic E-state index is 0.198. The average molecular weight is 299 g/mol. The molecule has 0 aliphatic heterocycles. The molecule has 0 unspecified atom stereocenters. The molecule has 4 nitrogen and oxygen atoms in total. The SMILES string of the molecule is Cc1ccc(-c2nc(NC3CC3)nc(Cl)c2C#N)cc1C. The second-order valence-electron chi connectivity index (χ2n) is 5.39. The first-order valence-electron chi connectivity index (χ1n) is 6.90. The lowest BCUT2D eigenvalue weighted by Gasteiger charge is -2.10. The molecule has 0 spiro atoms. The smallest absolute Gasteiger partial charge is 0.224 e. The van der Waals surface area contributed by atoms with Gasteiger partial charge in [-0.15, -0.1) is 0 Å². The van der Waals surface area contributed by atoms with Crippen LogP contribution in [0.2, 0.25) is 5.15 Å². The maximum atomic E-state index is 9.33. The summed E-state index contributed by atoms with van der Waals surface area (Å²) < 4.78 is 0. The molecule has 2 aromatic rings. The Labute approximate surface area is 128 Å². The molecule has 1 aliphatic rings. The summed E-state index contributed by atoms with van der Waals surface area (Å²) in [4.78, 5) is 8.67. The zero-order valence-corrected chi connectivity index (χ0v) is 12.7. The van der Waals surface area contributed by atoms with Gasteiger partial charge in [0, 0.05) is 11.6 Å². The summed E-state index contributed by atoms with van der Waals surface area (Å²) in [6.45, 7) is 4.09. The molecule has 21 heavy (non-hydrogen) atoms. The number of rotatable bonds is 3. The topological polar surface area (TPSA) is 61.6 Å². The zero-order valence-electron chi connectivity index (χ0n) is 11.9. The minimum atomic E-state index is 0.198. The van der Waals surface area contributed by atoms with E-state index in [2.05, 4.69) is 28.3 Å². The van der Waals surface area contributed by atoms with Crippen molar-refractivity contribution in [2.45, 2.75) is 32.7 Å². The van der Waals surface area contributed by atoms with E-state index < -0.39 is 0 Å². The molecule has 0 bridgehead atoms. The molecule has 1 aromatic carbocycles. The highest BCUT2D eigenvalue weighted by Crippen LogP contribution is 2.30. The van der Waals surface area contributed by atoms with E-state index in [1.807, 2.05) is 25.1 Å². The summed E-state index contributed by atoms with van der Waals surface area (Å²) in [6, 6.07) is 8.55. The van der Waals surface area contributed by atoms with Crippen molar-refractivity contribution in [3.05, 3.63) is 40.0 Å². The Morgan fingerprint density at radius 2 is 2.00 bits per heavy atom. The zero-order chi connectivity index (χ0) is 15.0. The molecule has 0 atom stereocenters. The molecule has 106 valence electrons. The second kappa shape index (κ2) is 5.34. The molecule has 0 radical (unpaired) electrons. The highest BCUT2D eigenvalue weighted by atomic mass is 35.5. The fourth-order valence-electron chi connectivity index (χ4n) is 2.10. The molecule has 1 saturated carbocycles. The van der Waals surface area contributed by atoms with Gasteiger partial charge in [-0.05, 0) is 43.9 Å². The van der Waals surface area contributed by atoms with E-state index in [0.29, 0.717) is 23.2 Å². The predicted molar refractivity (Wildman–Crippen MR) is 83.3 cm³/mol. The number of nitrogens with zero attached hydrogens (tertiary/aromatic N) is 3. The Morgan fingerprint density at radius 1 is 1.24 bits per heavy atom. The van der Waals surface area contributed by atoms with Crippen molar-refractivity contribution < 1.29 is 0 Å². The standard InChI is InChI=1S/C16H15ClN4/c1-9-3-4-11(7-10(9)2)14-13(8-18)15(17)21-16(20-14)19-12-5-6-12/h3-4,7,12H,5-6H2,1-2H3,(H,19,20,21). The number of anilines is 1. The van der Waals surface area contributed by atoms with Crippen LogP contribution in [0.5, 0.6) is 0 Å². The van der Waals surface area contributed by atoms with E-state index in [-0.39, 0.29) is 5.15 Å². The molecule has 1 aliphatic carbocycles. The summed E-state index contributed by atoms with van der Waals surface area (Å²) in [5, 5.41) is 12.8. The maximum absolute atomic E-state index is 9.33. The molecular formula is C16H15ClN4. The predicted octanol–water partition coefficient (Wildman–Crippen LogP) is 3.86. The third-order valence-electron chi connectivity index (χ3n) is 3.67. The summed E-state index contributed by atoms with van der Waals surface area (Å²) in [5.41, 5.74) is 4.15. The molecule has 3 rings (SSSR count). The monoisotopic (exact) mass is 298 g/mol. The van der Waals surface area contributed by atoms with Crippen LogP contribution in [0.1, 0.15) is 29.5 Å². The maximum Gasteiger partial charge on any atom is 0.224 e. The van der Waals surface area contributed by atoms with Gasteiger partial charge in [0.1, 0.15) is 11.6 Å². The Bertz CT molecular complexity index is 745. The van der Waals surface area contributed by atoms with Crippen LogP contribution in [0, 0.1) is 25.2 Å². The van der Waals surface area contributed by atoms with E-state index >= 15 is 0 Å².